The van der Waals surface area contributed by atoms with Gasteiger partial charge in [-0.3, -0.25) is 0 Å². The number of aliphatic hydroxyl groups excluding tert-OH is 1. The van der Waals surface area contributed by atoms with E-state index in [0.717, 1.165) is 19.1 Å². The van der Waals surface area contributed by atoms with E-state index >= 15 is 0 Å². The quantitative estimate of drug-likeness (QED) is 0.447. The molecule has 2 heteroatoms. The summed E-state index contributed by atoms with van der Waals surface area (Å²) in [6.07, 6.45) is 9.44. The third kappa shape index (κ3) is 7.55. The molecule has 0 rings (SSSR count). The van der Waals surface area contributed by atoms with E-state index in [9.17, 15) is 9.90 Å². The van der Waals surface area contributed by atoms with E-state index in [1.54, 1.807) is 0 Å². The number of carbonyl (C=O) groups is 1. The second kappa shape index (κ2) is 10.2. The topological polar surface area (TPSA) is 37.3 Å². The molecule has 0 aromatic heterocycles. The van der Waals surface area contributed by atoms with Gasteiger partial charge in [-0.1, -0.05) is 52.4 Å². The molecule has 0 amide bonds. The molecule has 15 heavy (non-hydrogen) atoms. The van der Waals surface area contributed by atoms with Crippen molar-refractivity contribution < 1.29 is 9.90 Å². The molecule has 0 saturated heterocycles. The summed E-state index contributed by atoms with van der Waals surface area (Å²) in [7, 11) is 0. The molecule has 0 unspecified atom stereocenters. The first-order valence-electron chi connectivity index (χ1n) is 6.39. The predicted molar refractivity (Wildman–Crippen MR) is 63.8 cm³/mol. The van der Waals surface area contributed by atoms with Crippen molar-refractivity contribution in [2.45, 2.75) is 71.3 Å². The van der Waals surface area contributed by atoms with Gasteiger partial charge in [0.2, 0.25) is 0 Å². The normalized spacial score (nSPS) is 14.9. The number of carbonyl (C=O) groups excluding carboxylic acids is 1. The minimum atomic E-state index is -0.432. The van der Waals surface area contributed by atoms with Gasteiger partial charge in [-0.05, 0) is 12.8 Å². The molecule has 0 saturated carbocycles. The standard InChI is InChI=1S/C13H26O2/c1-3-5-6-7-8-9-10-12(11-14)13(15)4-2/h11-13,15H,3-10H2,1-2H3/t12-,13-/m1/s1. The summed E-state index contributed by atoms with van der Waals surface area (Å²) in [6, 6.07) is 0. The predicted octanol–water partition coefficient (Wildman–Crippen LogP) is 3.32. The molecule has 0 spiro atoms. The van der Waals surface area contributed by atoms with Gasteiger partial charge in [-0.2, -0.15) is 0 Å². The SMILES string of the molecule is CCCCCCCC[C@H](C=O)[C@H](O)CC. The van der Waals surface area contributed by atoms with Crippen LogP contribution in [0.2, 0.25) is 0 Å². The highest BCUT2D eigenvalue weighted by molar-refractivity contribution is 5.54. The largest absolute Gasteiger partial charge is 0.392 e. The molecular formula is C13H26O2. The Hall–Kier alpha value is -0.370. The third-order valence-electron chi connectivity index (χ3n) is 2.98. The van der Waals surface area contributed by atoms with Gasteiger partial charge in [0.25, 0.3) is 0 Å². The Morgan fingerprint density at radius 1 is 1.07 bits per heavy atom. The molecule has 2 nitrogen and oxygen atoms in total. The maximum absolute atomic E-state index is 10.7. The van der Waals surface area contributed by atoms with E-state index < -0.39 is 6.10 Å². The van der Waals surface area contributed by atoms with Crippen LogP contribution in [0.3, 0.4) is 0 Å². The Morgan fingerprint density at radius 2 is 1.67 bits per heavy atom. The van der Waals surface area contributed by atoms with E-state index in [1.165, 1.54) is 32.1 Å². The fourth-order valence-electron chi connectivity index (χ4n) is 1.81. The number of unbranched alkanes of at least 4 members (excludes halogenated alkanes) is 5. The van der Waals surface area contributed by atoms with Crippen molar-refractivity contribution in [3.8, 4) is 0 Å². The second-order valence-corrected chi connectivity index (χ2v) is 4.33. The van der Waals surface area contributed by atoms with Gasteiger partial charge in [-0.25, -0.2) is 0 Å². The summed E-state index contributed by atoms with van der Waals surface area (Å²) >= 11 is 0. The Kier molecular flexibility index (Phi) is 9.91. The van der Waals surface area contributed by atoms with Crippen LogP contribution >= 0.6 is 0 Å². The van der Waals surface area contributed by atoms with Crippen LogP contribution in [-0.4, -0.2) is 17.5 Å². The molecule has 0 bridgehead atoms. The fraction of sp³-hybridized carbons (Fsp3) is 0.923. The van der Waals surface area contributed by atoms with Crippen molar-refractivity contribution >= 4 is 6.29 Å². The first kappa shape index (κ1) is 14.6. The van der Waals surface area contributed by atoms with E-state index in [4.69, 9.17) is 0 Å². The molecule has 0 radical (unpaired) electrons. The van der Waals surface area contributed by atoms with Crippen LogP contribution in [0, 0.1) is 5.92 Å². The molecule has 90 valence electrons. The number of hydrogen-bond donors (Lipinski definition) is 1. The first-order chi connectivity index (χ1) is 7.26. The van der Waals surface area contributed by atoms with Gasteiger partial charge >= 0.3 is 0 Å². The molecule has 0 fully saturated rings. The lowest BCUT2D eigenvalue weighted by Gasteiger charge is -2.15. The van der Waals surface area contributed by atoms with Crippen LogP contribution < -0.4 is 0 Å². The minimum Gasteiger partial charge on any atom is -0.392 e. The molecule has 0 aromatic carbocycles. The molecule has 0 aromatic rings. The van der Waals surface area contributed by atoms with E-state index in [-0.39, 0.29) is 5.92 Å². The number of aldehydes is 1. The van der Waals surface area contributed by atoms with E-state index in [0.29, 0.717) is 6.42 Å². The summed E-state index contributed by atoms with van der Waals surface area (Å²) in [5, 5.41) is 9.53. The van der Waals surface area contributed by atoms with E-state index in [1.807, 2.05) is 6.92 Å². The molecule has 0 aliphatic rings. The Morgan fingerprint density at radius 3 is 2.20 bits per heavy atom. The zero-order chi connectivity index (χ0) is 11.5. The molecule has 0 aliphatic carbocycles. The average molecular weight is 214 g/mol. The van der Waals surface area contributed by atoms with Gasteiger partial charge in [0.15, 0.2) is 0 Å². The van der Waals surface area contributed by atoms with Gasteiger partial charge in [0.05, 0.1) is 6.10 Å². The van der Waals surface area contributed by atoms with Crippen molar-refractivity contribution in [1.29, 1.82) is 0 Å². The van der Waals surface area contributed by atoms with Crippen molar-refractivity contribution in [2.75, 3.05) is 0 Å². The number of aliphatic hydroxyl groups is 1. The number of hydrogen-bond acceptors (Lipinski definition) is 2. The molecule has 2 atom stereocenters. The Bertz CT molecular complexity index is 145. The Labute approximate surface area is 94.1 Å². The summed E-state index contributed by atoms with van der Waals surface area (Å²) in [6.45, 7) is 4.13. The van der Waals surface area contributed by atoms with Crippen LogP contribution in [0.15, 0.2) is 0 Å². The summed E-state index contributed by atoms with van der Waals surface area (Å²) in [5.41, 5.74) is 0. The number of rotatable bonds is 10. The third-order valence-corrected chi connectivity index (χ3v) is 2.98. The van der Waals surface area contributed by atoms with Crippen LogP contribution in [0.25, 0.3) is 0 Å². The summed E-state index contributed by atoms with van der Waals surface area (Å²) < 4.78 is 0. The van der Waals surface area contributed by atoms with Crippen LogP contribution in [0.1, 0.15) is 65.2 Å². The zero-order valence-electron chi connectivity index (χ0n) is 10.2. The lowest BCUT2D eigenvalue weighted by atomic mass is 9.95. The Balaban J connectivity index is 3.42. The van der Waals surface area contributed by atoms with Crippen molar-refractivity contribution in [3.63, 3.8) is 0 Å². The molecule has 1 N–H and O–H groups in total. The van der Waals surface area contributed by atoms with E-state index in [2.05, 4.69) is 6.92 Å². The van der Waals surface area contributed by atoms with Crippen LogP contribution in [-0.2, 0) is 4.79 Å². The molecule has 0 aliphatic heterocycles. The fourth-order valence-corrected chi connectivity index (χ4v) is 1.81. The maximum atomic E-state index is 10.7. The second-order valence-electron chi connectivity index (χ2n) is 4.33. The summed E-state index contributed by atoms with van der Waals surface area (Å²) in [4.78, 5) is 10.7. The van der Waals surface area contributed by atoms with Crippen molar-refractivity contribution in [3.05, 3.63) is 0 Å². The lowest BCUT2D eigenvalue weighted by molar-refractivity contribution is -0.114. The highest BCUT2D eigenvalue weighted by Crippen LogP contribution is 2.15. The summed E-state index contributed by atoms with van der Waals surface area (Å²) in [5.74, 6) is -0.138. The lowest BCUT2D eigenvalue weighted by Crippen LogP contribution is -2.20. The minimum absolute atomic E-state index is 0.138. The monoisotopic (exact) mass is 214 g/mol. The van der Waals surface area contributed by atoms with Crippen molar-refractivity contribution in [2.24, 2.45) is 5.92 Å². The van der Waals surface area contributed by atoms with Crippen LogP contribution in [0.4, 0.5) is 0 Å². The zero-order valence-corrected chi connectivity index (χ0v) is 10.2. The van der Waals surface area contributed by atoms with Crippen molar-refractivity contribution in [1.82, 2.24) is 0 Å². The highest BCUT2D eigenvalue weighted by atomic mass is 16.3. The maximum Gasteiger partial charge on any atom is 0.125 e. The first-order valence-corrected chi connectivity index (χ1v) is 6.39. The smallest absolute Gasteiger partial charge is 0.125 e. The average Bonchev–Trinajstić information content (AvgIpc) is 2.27. The van der Waals surface area contributed by atoms with Gasteiger partial charge < -0.3 is 9.90 Å². The molecule has 0 heterocycles. The van der Waals surface area contributed by atoms with Gasteiger partial charge in [-0.15, -0.1) is 0 Å². The van der Waals surface area contributed by atoms with Gasteiger partial charge in [0, 0.05) is 5.92 Å². The van der Waals surface area contributed by atoms with Crippen LogP contribution in [0.5, 0.6) is 0 Å². The van der Waals surface area contributed by atoms with Gasteiger partial charge in [0.1, 0.15) is 6.29 Å². The molecular weight excluding hydrogens is 188 g/mol. The highest BCUT2D eigenvalue weighted by Gasteiger charge is 2.15.